The van der Waals surface area contributed by atoms with Crippen molar-refractivity contribution in [1.29, 1.82) is 0 Å². The third kappa shape index (κ3) is 7.83. The van der Waals surface area contributed by atoms with Gasteiger partial charge in [0.15, 0.2) is 0 Å². The highest BCUT2D eigenvalue weighted by atomic mass is 35.5. The smallest absolute Gasteiger partial charge is 0.264 e. The number of ether oxygens (including phenoxy) is 1. The Kier molecular flexibility index (Phi) is 10.9. The molecule has 0 saturated heterocycles. The molecule has 42 heavy (non-hydrogen) atoms. The molecular formula is C32H38ClN3O5S. The molecule has 1 atom stereocenters. The van der Waals surface area contributed by atoms with Gasteiger partial charge in [-0.15, -0.1) is 0 Å². The number of nitrogens with one attached hydrogen (secondary N) is 1. The van der Waals surface area contributed by atoms with Gasteiger partial charge in [0, 0.05) is 17.6 Å². The molecule has 0 aliphatic heterocycles. The van der Waals surface area contributed by atoms with E-state index >= 15 is 0 Å². The van der Waals surface area contributed by atoms with Crippen LogP contribution in [-0.2, 0) is 26.2 Å². The Morgan fingerprint density at radius 1 is 0.952 bits per heavy atom. The van der Waals surface area contributed by atoms with E-state index in [9.17, 15) is 18.0 Å². The number of hydrogen-bond donors (Lipinski definition) is 1. The van der Waals surface area contributed by atoms with Gasteiger partial charge in [0.05, 0.1) is 17.2 Å². The Bertz CT molecular complexity index is 1430. The van der Waals surface area contributed by atoms with Crippen molar-refractivity contribution < 1.29 is 22.7 Å². The fraction of sp³-hybridized carbons (Fsp3) is 0.375. The van der Waals surface area contributed by atoms with Gasteiger partial charge in [0.1, 0.15) is 18.3 Å². The average molecular weight is 612 g/mol. The van der Waals surface area contributed by atoms with Crippen LogP contribution >= 0.6 is 11.6 Å². The number of benzene rings is 3. The molecule has 0 radical (unpaired) electrons. The number of nitrogens with zero attached hydrogens (tertiary/aromatic N) is 2. The predicted octanol–water partition coefficient (Wildman–Crippen LogP) is 5.80. The van der Waals surface area contributed by atoms with Crippen LogP contribution in [0.25, 0.3) is 0 Å². The van der Waals surface area contributed by atoms with Gasteiger partial charge in [-0.05, 0) is 80.3 Å². The number of amides is 2. The largest absolute Gasteiger partial charge is 0.494 e. The van der Waals surface area contributed by atoms with Crippen molar-refractivity contribution in [1.82, 2.24) is 10.2 Å². The highest BCUT2D eigenvalue weighted by Crippen LogP contribution is 2.26. The lowest BCUT2D eigenvalue weighted by Gasteiger charge is -2.33. The van der Waals surface area contributed by atoms with Crippen molar-refractivity contribution >= 4 is 39.1 Å². The number of anilines is 1. The van der Waals surface area contributed by atoms with E-state index in [1.807, 2.05) is 13.8 Å². The van der Waals surface area contributed by atoms with Crippen molar-refractivity contribution in [2.75, 3.05) is 17.5 Å². The minimum Gasteiger partial charge on any atom is -0.494 e. The van der Waals surface area contributed by atoms with Gasteiger partial charge in [0.25, 0.3) is 10.0 Å². The Hall–Kier alpha value is -3.56. The summed E-state index contributed by atoms with van der Waals surface area (Å²) in [5.41, 5.74) is 1.12. The average Bonchev–Trinajstić information content (AvgIpc) is 3.50. The van der Waals surface area contributed by atoms with Crippen LogP contribution in [0.1, 0.15) is 51.5 Å². The summed E-state index contributed by atoms with van der Waals surface area (Å²) in [5.74, 6) is -0.170. The van der Waals surface area contributed by atoms with Gasteiger partial charge in [-0.3, -0.25) is 13.9 Å². The van der Waals surface area contributed by atoms with E-state index in [1.54, 1.807) is 66.7 Å². The summed E-state index contributed by atoms with van der Waals surface area (Å²) < 4.78 is 34.5. The third-order valence-corrected chi connectivity index (χ3v) is 9.44. The van der Waals surface area contributed by atoms with Crippen LogP contribution in [-0.4, -0.2) is 50.4 Å². The van der Waals surface area contributed by atoms with Gasteiger partial charge in [0.2, 0.25) is 11.8 Å². The second-order valence-electron chi connectivity index (χ2n) is 10.3. The number of halogens is 1. The second kappa shape index (κ2) is 14.6. The van der Waals surface area contributed by atoms with Crippen LogP contribution in [0.15, 0.2) is 83.8 Å². The van der Waals surface area contributed by atoms with Gasteiger partial charge < -0.3 is 15.0 Å². The molecule has 0 unspecified atom stereocenters. The van der Waals surface area contributed by atoms with Crippen molar-refractivity contribution in [3.63, 3.8) is 0 Å². The first kappa shape index (κ1) is 31.4. The topological polar surface area (TPSA) is 96.0 Å². The molecule has 1 aliphatic rings. The van der Waals surface area contributed by atoms with Gasteiger partial charge in [-0.2, -0.15) is 0 Å². The summed E-state index contributed by atoms with van der Waals surface area (Å²) in [6, 6.07) is 21.0. The van der Waals surface area contributed by atoms with Crippen molar-refractivity contribution in [2.45, 2.75) is 69.5 Å². The lowest BCUT2D eigenvalue weighted by molar-refractivity contribution is -0.140. The van der Waals surface area contributed by atoms with Crippen LogP contribution in [0.3, 0.4) is 0 Å². The highest BCUT2D eigenvalue weighted by molar-refractivity contribution is 7.92. The number of carbonyl (C=O) groups excluding carboxylic acids is 2. The third-order valence-electron chi connectivity index (χ3n) is 7.40. The van der Waals surface area contributed by atoms with Crippen LogP contribution in [0, 0.1) is 0 Å². The maximum absolute atomic E-state index is 14.2. The lowest BCUT2D eigenvalue weighted by Crippen LogP contribution is -2.53. The van der Waals surface area contributed by atoms with Crippen molar-refractivity contribution in [2.24, 2.45) is 0 Å². The molecule has 3 aromatic rings. The van der Waals surface area contributed by atoms with E-state index in [0.717, 1.165) is 35.6 Å². The monoisotopic (exact) mass is 611 g/mol. The first-order valence-electron chi connectivity index (χ1n) is 14.4. The molecule has 8 nitrogen and oxygen atoms in total. The number of para-hydroxylation sites is 1. The molecule has 3 aromatic carbocycles. The molecule has 224 valence electrons. The summed E-state index contributed by atoms with van der Waals surface area (Å²) >= 11 is 6.09. The zero-order valence-corrected chi connectivity index (χ0v) is 25.6. The zero-order chi connectivity index (χ0) is 30.1. The Balaban J connectivity index is 1.68. The summed E-state index contributed by atoms with van der Waals surface area (Å²) in [4.78, 5) is 29.2. The fourth-order valence-electron chi connectivity index (χ4n) is 5.20. The quantitative estimate of drug-likeness (QED) is 0.264. The van der Waals surface area contributed by atoms with Gasteiger partial charge >= 0.3 is 0 Å². The fourth-order valence-corrected chi connectivity index (χ4v) is 6.74. The molecule has 4 rings (SSSR count). The first-order chi connectivity index (χ1) is 20.2. The van der Waals surface area contributed by atoms with E-state index in [4.69, 9.17) is 16.3 Å². The van der Waals surface area contributed by atoms with Crippen LogP contribution in [0.5, 0.6) is 5.75 Å². The number of carbonyl (C=O) groups is 2. The molecule has 10 heteroatoms. The maximum atomic E-state index is 14.2. The molecule has 1 N–H and O–H groups in total. The summed E-state index contributed by atoms with van der Waals surface area (Å²) in [6.45, 7) is 3.79. The molecular weight excluding hydrogens is 574 g/mol. The predicted molar refractivity (Wildman–Crippen MR) is 165 cm³/mol. The number of hydrogen-bond acceptors (Lipinski definition) is 5. The highest BCUT2D eigenvalue weighted by Gasteiger charge is 2.34. The molecule has 1 saturated carbocycles. The van der Waals surface area contributed by atoms with E-state index in [-0.39, 0.29) is 23.4 Å². The Morgan fingerprint density at radius 3 is 2.19 bits per heavy atom. The van der Waals surface area contributed by atoms with E-state index in [0.29, 0.717) is 29.5 Å². The zero-order valence-electron chi connectivity index (χ0n) is 24.0. The summed E-state index contributed by atoms with van der Waals surface area (Å²) in [5, 5.41) is 3.67. The molecule has 0 spiro atoms. The molecule has 0 bridgehead atoms. The van der Waals surface area contributed by atoms with E-state index in [2.05, 4.69) is 5.32 Å². The van der Waals surface area contributed by atoms with Crippen LogP contribution in [0.2, 0.25) is 5.02 Å². The summed E-state index contributed by atoms with van der Waals surface area (Å²) in [7, 11) is -4.15. The standard InChI is InChI=1S/C32H38ClN3O5S/c1-3-30(32(38)34-26-10-8-9-11-26)35(22-24-14-16-25(33)17-15-24)31(37)23-36(27-12-6-5-7-13-27)42(39,40)29-20-18-28(19-21-29)41-4-2/h5-7,12-21,26,30H,3-4,8-11,22-23H2,1-2H3,(H,34,38)/t30-/m0/s1. The normalized spacial score (nSPS) is 14.3. The van der Waals surface area contributed by atoms with Gasteiger partial charge in [-0.1, -0.05) is 61.7 Å². The van der Waals surface area contributed by atoms with Crippen LogP contribution < -0.4 is 14.4 Å². The van der Waals surface area contributed by atoms with Crippen molar-refractivity contribution in [3.8, 4) is 5.75 Å². The van der Waals surface area contributed by atoms with E-state index in [1.165, 1.54) is 17.0 Å². The molecule has 0 aromatic heterocycles. The summed E-state index contributed by atoms with van der Waals surface area (Å²) in [6.07, 6.45) is 4.31. The lowest BCUT2D eigenvalue weighted by atomic mass is 10.1. The Labute approximate surface area is 253 Å². The minimum atomic E-state index is -4.15. The number of rotatable bonds is 13. The molecule has 1 aliphatic carbocycles. The van der Waals surface area contributed by atoms with Crippen molar-refractivity contribution in [3.05, 3.63) is 89.4 Å². The van der Waals surface area contributed by atoms with E-state index < -0.39 is 28.5 Å². The van der Waals surface area contributed by atoms with Crippen LogP contribution in [0.4, 0.5) is 5.69 Å². The molecule has 1 fully saturated rings. The SMILES string of the molecule is CCOc1ccc(S(=O)(=O)N(CC(=O)N(Cc2ccc(Cl)cc2)[C@@H](CC)C(=O)NC2CCCC2)c2ccccc2)cc1. The maximum Gasteiger partial charge on any atom is 0.264 e. The first-order valence-corrected chi connectivity index (χ1v) is 16.2. The number of sulfonamides is 1. The second-order valence-corrected chi connectivity index (χ2v) is 12.6. The van der Waals surface area contributed by atoms with Gasteiger partial charge in [-0.25, -0.2) is 8.42 Å². The Morgan fingerprint density at radius 2 is 1.60 bits per heavy atom. The molecule has 0 heterocycles. The molecule has 2 amide bonds. The minimum absolute atomic E-state index is 0.0258.